The third-order valence-corrected chi connectivity index (χ3v) is 5.55. The third kappa shape index (κ3) is 4.28. The van der Waals surface area contributed by atoms with Crippen LogP contribution in [0.25, 0.3) is 11.0 Å². The van der Waals surface area contributed by atoms with Gasteiger partial charge in [0.1, 0.15) is 17.8 Å². The first-order valence-corrected chi connectivity index (χ1v) is 10.1. The Bertz CT molecular complexity index is 1150. The summed E-state index contributed by atoms with van der Waals surface area (Å²) in [6.07, 6.45) is 3.06. The number of nitro groups is 1. The second-order valence-electron chi connectivity index (χ2n) is 7.69. The second kappa shape index (κ2) is 8.59. The lowest BCUT2D eigenvalue weighted by atomic mass is 10.1. The fourth-order valence-corrected chi connectivity index (χ4v) is 3.97. The Hall–Kier alpha value is -3.68. The Balaban J connectivity index is 1.40. The van der Waals surface area contributed by atoms with Crippen LogP contribution in [0.5, 0.6) is 0 Å². The van der Waals surface area contributed by atoms with Crippen LogP contribution in [0.4, 0.5) is 5.69 Å². The molecule has 1 aromatic heterocycles. The molecule has 8 heteroatoms. The van der Waals surface area contributed by atoms with Crippen molar-refractivity contribution in [2.24, 2.45) is 0 Å². The number of aryl methyl sites for hydroxylation is 1. The lowest BCUT2D eigenvalue weighted by Crippen LogP contribution is -2.39. The normalized spacial score (nSPS) is 15.9. The zero-order chi connectivity index (χ0) is 22.0. The highest BCUT2D eigenvalue weighted by atomic mass is 16.6. The molecule has 0 aliphatic carbocycles. The number of ether oxygens (including phenoxy) is 1. The van der Waals surface area contributed by atoms with Gasteiger partial charge in [0.25, 0.3) is 11.6 Å². The molecular weight excluding hydrogens is 400 g/mol. The zero-order valence-electron chi connectivity index (χ0n) is 17.1. The quantitative estimate of drug-likeness (QED) is 0.337. The molecule has 1 aliphatic heterocycles. The zero-order valence-corrected chi connectivity index (χ0v) is 17.1. The molecular formula is C23H22N2O6. The molecule has 0 N–H and O–H groups in total. The molecule has 1 saturated heterocycles. The van der Waals surface area contributed by atoms with Gasteiger partial charge in [-0.2, -0.15) is 0 Å². The van der Waals surface area contributed by atoms with Crippen LogP contribution in [0, 0.1) is 17.0 Å². The van der Waals surface area contributed by atoms with Crippen LogP contribution in [0.3, 0.4) is 0 Å². The van der Waals surface area contributed by atoms with Crippen LogP contribution >= 0.6 is 0 Å². The SMILES string of the molecule is Cc1ccc2c(CC(=O)OCC3CCCN3C(=O)c3ccccc3[N+](=O)[O-])coc2c1. The molecule has 0 saturated carbocycles. The molecule has 0 spiro atoms. The number of hydrogen-bond acceptors (Lipinski definition) is 6. The number of nitro benzene ring substituents is 1. The number of benzene rings is 2. The number of hydrogen-bond donors (Lipinski definition) is 0. The van der Waals surface area contributed by atoms with Gasteiger partial charge in [0.15, 0.2) is 0 Å². The summed E-state index contributed by atoms with van der Waals surface area (Å²) in [5.41, 5.74) is 2.36. The summed E-state index contributed by atoms with van der Waals surface area (Å²) in [4.78, 5) is 37.6. The van der Waals surface area contributed by atoms with E-state index < -0.39 is 16.8 Å². The van der Waals surface area contributed by atoms with Crippen molar-refractivity contribution in [1.82, 2.24) is 4.90 Å². The summed E-state index contributed by atoms with van der Waals surface area (Å²) in [7, 11) is 0. The lowest BCUT2D eigenvalue weighted by molar-refractivity contribution is -0.385. The van der Waals surface area contributed by atoms with E-state index in [2.05, 4.69) is 0 Å². The number of amides is 1. The summed E-state index contributed by atoms with van der Waals surface area (Å²) in [6.45, 7) is 2.49. The van der Waals surface area contributed by atoms with Gasteiger partial charge >= 0.3 is 5.97 Å². The molecule has 4 rings (SSSR count). The van der Waals surface area contributed by atoms with E-state index in [-0.39, 0.29) is 30.3 Å². The number of nitrogens with zero attached hydrogens (tertiary/aromatic N) is 2. The number of furan rings is 1. The van der Waals surface area contributed by atoms with Gasteiger partial charge < -0.3 is 14.1 Å². The first kappa shape index (κ1) is 20.6. The molecule has 160 valence electrons. The molecule has 0 bridgehead atoms. The van der Waals surface area contributed by atoms with Crippen LogP contribution in [0.2, 0.25) is 0 Å². The average molecular weight is 422 g/mol. The molecule has 1 fully saturated rings. The van der Waals surface area contributed by atoms with Crippen LogP contribution in [0.15, 0.2) is 53.1 Å². The monoisotopic (exact) mass is 422 g/mol. The largest absolute Gasteiger partial charge is 0.464 e. The highest BCUT2D eigenvalue weighted by molar-refractivity contribution is 5.98. The smallest absolute Gasteiger partial charge is 0.310 e. The minimum absolute atomic E-state index is 0.0471. The molecule has 1 unspecified atom stereocenters. The molecule has 1 aliphatic rings. The van der Waals surface area contributed by atoms with Crippen molar-refractivity contribution >= 4 is 28.5 Å². The minimum Gasteiger partial charge on any atom is -0.464 e. The Morgan fingerprint density at radius 3 is 2.87 bits per heavy atom. The van der Waals surface area contributed by atoms with Crippen LogP contribution in [-0.2, 0) is 16.0 Å². The maximum Gasteiger partial charge on any atom is 0.310 e. The van der Waals surface area contributed by atoms with Gasteiger partial charge in [0.2, 0.25) is 0 Å². The van der Waals surface area contributed by atoms with Crippen molar-refractivity contribution in [3.63, 3.8) is 0 Å². The average Bonchev–Trinajstić information content (AvgIpc) is 3.38. The molecule has 2 heterocycles. The third-order valence-electron chi connectivity index (χ3n) is 5.55. The van der Waals surface area contributed by atoms with Crippen molar-refractivity contribution < 1.29 is 23.7 Å². The Morgan fingerprint density at radius 1 is 1.26 bits per heavy atom. The highest BCUT2D eigenvalue weighted by Gasteiger charge is 2.33. The van der Waals surface area contributed by atoms with Gasteiger partial charge in [-0.3, -0.25) is 19.7 Å². The van der Waals surface area contributed by atoms with Gasteiger partial charge in [-0.1, -0.05) is 24.3 Å². The molecule has 1 atom stereocenters. The summed E-state index contributed by atoms with van der Waals surface area (Å²) >= 11 is 0. The van der Waals surface area contributed by atoms with Crippen LogP contribution in [0.1, 0.15) is 34.3 Å². The van der Waals surface area contributed by atoms with Crippen molar-refractivity contribution in [3.8, 4) is 0 Å². The molecule has 2 aromatic carbocycles. The number of fused-ring (bicyclic) bond motifs is 1. The van der Waals surface area contributed by atoms with Crippen LogP contribution < -0.4 is 0 Å². The minimum atomic E-state index is -0.560. The molecule has 0 radical (unpaired) electrons. The van der Waals surface area contributed by atoms with Gasteiger partial charge in [0.05, 0.1) is 23.6 Å². The number of likely N-dealkylation sites (tertiary alicyclic amines) is 1. The summed E-state index contributed by atoms with van der Waals surface area (Å²) in [5, 5.41) is 12.1. The van der Waals surface area contributed by atoms with E-state index in [9.17, 15) is 19.7 Å². The maximum atomic E-state index is 12.9. The van der Waals surface area contributed by atoms with Gasteiger partial charge in [-0.05, 0) is 37.5 Å². The van der Waals surface area contributed by atoms with Crippen molar-refractivity contribution in [1.29, 1.82) is 0 Å². The van der Waals surface area contributed by atoms with Crippen molar-refractivity contribution in [2.45, 2.75) is 32.2 Å². The fraction of sp³-hybridized carbons (Fsp3) is 0.304. The number of para-hydroxylation sites is 1. The Morgan fingerprint density at radius 2 is 2.06 bits per heavy atom. The summed E-state index contributed by atoms with van der Waals surface area (Å²) in [5.74, 6) is -0.824. The maximum absolute atomic E-state index is 12.9. The van der Waals surface area contributed by atoms with E-state index in [4.69, 9.17) is 9.15 Å². The number of carbonyl (C=O) groups excluding carboxylic acids is 2. The molecule has 8 nitrogen and oxygen atoms in total. The summed E-state index contributed by atoms with van der Waals surface area (Å²) in [6, 6.07) is 11.4. The van der Waals surface area contributed by atoms with E-state index in [0.717, 1.165) is 28.5 Å². The Kier molecular flexibility index (Phi) is 5.70. The predicted octanol–water partition coefficient (Wildman–Crippen LogP) is 4.04. The van der Waals surface area contributed by atoms with Crippen LogP contribution in [-0.4, -0.2) is 40.9 Å². The highest BCUT2D eigenvalue weighted by Crippen LogP contribution is 2.26. The second-order valence-corrected chi connectivity index (χ2v) is 7.69. The number of carbonyl (C=O) groups is 2. The van der Waals surface area contributed by atoms with Crippen molar-refractivity contribution in [3.05, 3.63) is 75.5 Å². The molecule has 31 heavy (non-hydrogen) atoms. The van der Waals surface area contributed by atoms with Gasteiger partial charge in [-0.25, -0.2) is 0 Å². The molecule has 3 aromatic rings. The first-order valence-electron chi connectivity index (χ1n) is 10.1. The van der Waals surface area contributed by atoms with Crippen molar-refractivity contribution in [2.75, 3.05) is 13.2 Å². The van der Waals surface area contributed by atoms with Gasteiger partial charge in [0, 0.05) is 23.6 Å². The topological polar surface area (TPSA) is 103 Å². The van der Waals surface area contributed by atoms with E-state index >= 15 is 0 Å². The number of rotatable bonds is 6. The lowest BCUT2D eigenvalue weighted by Gasteiger charge is -2.24. The molecule has 1 amide bonds. The van der Waals surface area contributed by atoms with E-state index in [1.54, 1.807) is 17.2 Å². The van der Waals surface area contributed by atoms with E-state index in [0.29, 0.717) is 13.0 Å². The standard InChI is InChI=1S/C23H22N2O6/c1-15-8-9-18-16(13-30-21(18)11-15)12-22(26)31-14-17-5-4-10-24(17)23(27)19-6-2-3-7-20(19)25(28)29/h2-3,6-9,11,13,17H,4-5,10,12,14H2,1H3. The summed E-state index contributed by atoms with van der Waals surface area (Å²) < 4.78 is 11.0. The number of esters is 1. The van der Waals surface area contributed by atoms with Gasteiger partial charge in [-0.15, -0.1) is 0 Å². The van der Waals surface area contributed by atoms with E-state index in [1.807, 2.05) is 25.1 Å². The fourth-order valence-electron chi connectivity index (χ4n) is 3.97. The van der Waals surface area contributed by atoms with E-state index in [1.165, 1.54) is 18.2 Å². The predicted molar refractivity (Wildman–Crippen MR) is 113 cm³/mol. The Labute approximate surface area is 178 Å². The first-order chi connectivity index (χ1) is 14.9.